The van der Waals surface area contributed by atoms with Crippen LogP contribution < -0.4 is 4.90 Å². The molecule has 0 spiro atoms. The molecule has 0 N–H and O–H groups in total. The summed E-state index contributed by atoms with van der Waals surface area (Å²) < 4.78 is 63.9. The fraction of sp³-hybridized carbons (Fsp3) is 0.667. The number of alkyl halides is 3. The molecule has 1 aliphatic heterocycles. The van der Waals surface area contributed by atoms with Gasteiger partial charge < -0.3 is 13.9 Å². The molecule has 8 heteroatoms. The van der Waals surface area contributed by atoms with Crippen LogP contribution in [-0.2, 0) is 26.2 Å². The zero-order chi connectivity index (χ0) is 19.5. The van der Waals surface area contributed by atoms with E-state index in [2.05, 4.69) is 0 Å². The molecule has 0 bridgehead atoms. The summed E-state index contributed by atoms with van der Waals surface area (Å²) in [5.41, 5.74) is 0.117. The lowest BCUT2D eigenvalue weighted by atomic mass is 9.92. The molecular weight excluding hydrogens is 366 g/mol. The van der Waals surface area contributed by atoms with Crippen LogP contribution in [0.3, 0.4) is 0 Å². The Morgan fingerprint density at radius 1 is 1.15 bits per heavy atom. The summed E-state index contributed by atoms with van der Waals surface area (Å²) in [6, 6.07) is 3.68. The van der Waals surface area contributed by atoms with Crippen LogP contribution in [0, 0.1) is 0 Å². The largest absolute Gasteiger partial charge is 0.416 e. The zero-order valence-corrected chi connectivity index (χ0v) is 16.6. The molecule has 148 valence electrons. The van der Waals surface area contributed by atoms with Crippen molar-refractivity contribution in [3.05, 3.63) is 29.3 Å². The summed E-state index contributed by atoms with van der Waals surface area (Å²) in [4.78, 5) is 2.02. The predicted octanol–water partition coefficient (Wildman–Crippen LogP) is 5.50. The minimum atomic E-state index is -4.41. The summed E-state index contributed by atoms with van der Waals surface area (Å²) in [6.07, 6.45) is -3.47. The maximum absolute atomic E-state index is 13.4. The third kappa shape index (κ3) is 4.10. The summed E-state index contributed by atoms with van der Waals surface area (Å²) in [5.74, 6) is 0. The number of nitrogens with zero attached hydrogens (tertiary/aromatic N) is 1. The van der Waals surface area contributed by atoms with Crippen LogP contribution in [0.5, 0.6) is 0 Å². The van der Waals surface area contributed by atoms with Crippen molar-refractivity contribution in [1.82, 2.24) is 0 Å². The molecule has 0 amide bonds. The van der Waals surface area contributed by atoms with Gasteiger partial charge in [-0.15, -0.1) is 0 Å². The van der Waals surface area contributed by atoms with E-state index in [1.807, 2.05) is 18.7 Å². The first-order chi connectivity index (χ1) is 12.2. The summed E-state index contributed by atoms with van der Waals surface area (Å²) >= 11 is 0. The Kier molecular flexibility index (Phi) is 6.81. The van der Waals surface area contributed by atoms with Crippen molar-refractivity contribution >= 4 is 13.3 Å². The van der Waals surface area contributed by atoms with Gasteiger partial charge in [0.1, 0.15) is 0 Å². The molecular formula is C18H27F3NO3P. The molecule has 0 saturated carbocycles. The average Bonchev–Trinajstić information content (AvgIpc) is 2.59. The molecule has 1 aromatic rings. The first-order valence-corrected chi connectivity index (χ1v) is 10.7. The van der Waals surface area contributed by atoms with Crippen molar-refractivity contribution in [2.75, 3.05) is 24.7 Å². The van der Waals surface area contributed by atoms with Crippen LogP contribution in [0.25, 0.3) is 0 Å². The number of hydrogen-bond acceptors (Lipinski definition) is 4. The van der Waals surface area contributed by atoms with Crippen molar-refractivity contribution in [2.24, 2.45) is 0 Å². The van der Waals surface area contributed by atoms with Gasteiger partial charge in [0.25, 0.3) is 0 Å². The van der Waals surface area contributed by atoms with Crippen LogP contribution in [-0.4, -0.2) is 31.5 Å². The van der Waals surface area contributed by atoms with Crippen LogP contribution in [0.1, 0.15) is 45.2 Å². The van der Waals surface area contributed by atoms with Gasteiger partial charge in [-0.2, -0.15) is 13.2 Å². The third-order valence-corrected chi connectivity index (χ3v) is 7.35. The number of anilines is 1. The molecule has 1 aliphatic rings. The van der Waals surface area contributed by atoms with E-state index in [1.54, 1.807) is 13.8 Å². The number of halogens is 3. The minimum absolute atomic E-state index is 0.117. The normalized spacial score (nSPS) is 21.0. The van der Waals surface area contributed by atoms with Crippen molar-refractivity contribution in [3.63, 3.8) is 0 Å². The fourth-order valence-corrected chi connectivity index (χ4v) is 6.15. The smallest absolute Gasteiger partial charge is 0.368 e. The number of rotatable bonds is 7. The second-order valence-electron chi connectivity index (χ2n) is 6.25. The topological polar surface area (TPSA) is 38.8 Å². The highest BCUT2D eigenvalue weighted by molar-refractivity contribution is 7.54. The zero-order valence-electron chi connectivity index (χ0n) is 15.7. The van der Waals surface area contributed by atoms with Gasteiger partial charge in [-0.25, -0.2) is 0 Å². The molecule has 2 unspecified atom stereocenters. The average molecular weight is 393 g/mol. The van der Waals surface area contributed by atoms with Crippen molar-refractivity contribution in [3.8, 4) is 0 Å². The Balaban J connectivity index is 2.54. The molecule has 2 rings (SSSR count). The predicted molar refractivity (Wildman–Crippen MR) is 96.9 cm³/mol. The number of hydrogen-bond donors (Lipinski definition) is 0. The van der Waals surface area contributed by atoms with E-state index < -0.39 is 25.0 Å². The van der Waals surface area contributed by atoms with Gasteiger partial charge in [0.15, 0.2) is 0 Å². The molecule has 1 aromatic carbocycles. The Labute approximate surface area is 153 Å². The van der Waals surface area contributed by atoms with E-state index in [9.17, 15) is 17.7 Å². The molecule has 2 atom stereocenters. The van der Waals surface area contributed by atoms with E-state index in [0.717, 1.165) is 11.8 Å². The Hall–Kier alpha value is -1.04. The maximum Gasteiger partial charge on any atom is 0.416 e. The van der Waals surface area contributed by atoms with Gasteiger partial charge in [0, 0.05) is 18.3 Å². The van der Waals surface area contributed by atoms with Crippen molar-refractivity contribution < 1.29 is 26.8 Å². The highest BCUT2D eigenvalue weighted by Gasteiger charge is 2.46. The van der Waals surface area contributed by atoms with E-state index >= 15 is 0 Å². The monoisotopic (exact) mass is 393 g/mol. The van der Waals surface area contributed by atoms with E-state index in [-0.39, 0.29) is 25.7 Å². The van der Waals surface area contributed by atoms with Crippen LogP contribution >= 0.6 is 7.60 Å². The lowest BCUT2D eigenvalue weighted by molar-refractivity contribution is -0.137. The van der Waals surface area contributed by atoms with Gasteiger partial charge in [0.2, 0.25) is 0 Å². The molecule has 0 saturated heterocycles. The second kappa shape index (κ2) is 8.32. The third-order valence-electron chi connectivity index (χ3n) is 4.77. The Morgan fingerprint density at radius 2 is 1.77 bits per heavy atom. The van der Waals surface area contributed by atoms with Crippen LogP contribution in [0.4, 0.5) is 18.9 Å². The molecule has 0 radical (unpaired) electrons. The summed E-state index contributed by atoms with van der Waals surface area (Å²) in [5, 5.41) is 0. The Morgan fingerprint density at radius 3 is 2.23 bits per heavy atom. The second-order valence-corrected chi connectivity index (χ2v) is 8.51. The highest BCUT2D eigenvalue weighted by atomic mass is 31.2. The van der Waals surface area contributed by atoms with E-state index in [0.29, 0.717) is 18.5 Å². The van der Waals surface area contributed by atoms with E-state index in [1.165, 1.54) is 12.1 Å². The first-order valence-electron chi connectivity index (χ1n) is 9.07. The molecule has 0 aromatic heterocycles. The highest BCUT2D eigenvalue weighted by Crippen LogP contribution is 2.58. The maximum atomic E-state index is 13.4. The van der Waals surface area contributed by atoms with Gasteiger partial charge in [-0.3, -0.25) is 4.57 Å². The quantitative estimate of drug-likeness (QED) is 0.574. The van der Waals surface area contributed by atoms with Crippen molar-refractivity contribution in [1.29, 1.82) is 0 Å². The molecule has 1 heterocycles. The molecule has 0 fully saturated rings. The number of fused-ring (bicyclic) bond motifs is 1. The SMILES string of the molecule is CCOP(=O)(OCC)C1Cc2cc(C(F)(F)F)ccc2N(CC)C1CC. The minimum Gasteiger partial charge on any atom is -0.368 e. The standard InChI is InChI=1S/C18H27F3NO3P/c1-5-15-17(26(23,24-7-3)25-8-4)12-13-11-14(18(19,20)21)9-10-16(13)22(15)6-2/h9-11,15,17H,5-8,12H2,1-4H3. The van der Waals surface area contributed by atoms with Gasteiger partial charge in [0.05, 0.1) is 24.4 Å². The van der Waals surface area contributed by atoms with E-state index in [4.69, 9.17) is 9.05 Å². The lowest BCUT2D eigenvalue weighted by Gasteiger charge is -2.44. The first kappa shape index (κ1) is 21.3. The summed E-state index contributed by atoms with van der Waals surface area (Å²) in [6.45, 7) is 8.46. The number of benzene rings is 1. The lowest BCUT2D eigenvalue weighted by Crippen LogP contribution is -2.48. The fourth-order valence-electron chi connectivity index (χ4n) is 3.76. The van der Waals surface area contributed by atoms with Crippen molar-refractivity contribution in [2.45, 2.75) is 58.4 Å². The van der Waals surface area contributed by atoms with Gasteiger partial charge >= 0.3 is 13.8 Å². The van der Waals surface area contributed by atoms with Crippen LogP contribution in [0.2, 0.25) is 0 Å². The molecule has 4 nitrogen and oxygen atoms in total. The summed E-state index contributed by atoms with van der Waals surface area (Å²) in [7, 11) is -3.45. The van der Waals surface area contributed by atoms with Crippen LogP contribution in [0.15, 0.2) is 18.2 Å². The molecule has 26 heavy (non-hydrogen) atoms. The van der Waals surface area contributed by atoms with Gasteiger partial charge in [-0.05, 0) is 57.4 Å². The van der Waals surface area contributed by atoms with Gasteiger partial charge in [-0.1, -0.05) is 6.92 Å². The Bertz CT molecular complexity index is 656. The molecule has 0 aliphatic carbocycles.